The number of allylic oxidation sites excluding steroid dienone is 8. The summed E-state index contributed by atoms with van der Waals surface area (Å²) in [6.07, 6.45) is 55.9. The quantitative estimate of drug-likeness (QED) is 0.0211. The lowest BCUT2D eigenvalue weighted by molar-refractivity contribution is -0.870. The van der Waals surface area contributed by atoms with Crippen LogP contribution < -0.4 is 0 Å². The van der Waals surface area contributed by atoms with Crippen molar-refractivity contribution in [1.82, 2.24) is 0 Å². The zero-order valence-corrected chi connectivity index (χ0v) is 43.2. The number of phosphoric ester groups is 1. The Hall–Kier alpha value is -2.03. The molecule has 0 fully saturated rings. The molecule has 0 saturated heterocycles. The first-order valence-corrected chi connectivity index (χ1v) is 27.9. The fourth-order valence-corrected chi connectivity index (χ4v) is 7.98. The summed E-state index contributed by atoms with van der Waals surface area (Å²) in [7, 11) is 1.46. The van der Waals surface area contributed by atoms with Gasteiger partial charge in [-0.15, -0.1) is 0 Å². The molecule has 64 heavy (non-hydrogen) atoms. The molecular formula is C54H101NO8P+. The number of phosphoric acid groups is 1. The normalized spacial score (nSPS) is 13.8. The Bertz CT molecular complexity index is 1230. The standard InChI is InChI=1S/C54H100NO8P/c1-6-8-10-12-14-16-18-20-22-24-26-27-29-31-33-35-37-39-41-43-45-47-54(57)63-52(51-62-64(58,59)61-49-48-55(3,4)5)50-60-53(56)46-44-42-40-38-36-34-32-30-28-25-23-21-19-17-15-13-11-9-7-2/h15,17,21,23,28,30,34,36,52H,6-14,16,18-20,22,24-27,29,31-33,35,37-51H2,1-5H3/p+1/b17-15+,23-21+,30-28+,36-34+/t52-/m1/s1. The van der Waals surface area contributed by atoms with Gasteiger partial charge in [-0.2, -0.15) is 0 Å². The Morgan fingerprint density at radius 3 is 1.28 bits per heavy atom. The van der Waals surface area contributed by atoms with E-state index in [2.05, 4.69) is 62.5 Å². The summed E-state index contributed by atoms with van der Waals surface area (Å²) < 4.78 is 34.4. The minimum atomic E-state index is -4.39. The summed E-state index contributed by atoms with van der Waals surface area (Å²) >= 11 is 0. The first-order valence-electron chi connectivity index (χ1n) is 26.4. The van der Waals surface area contributed by atoms with E-state index in [9.17, 15) is 19.0 Å². The number of likely N-dealkylation sites (N-methyl/N-ethyl adjacent to an activating group) is 1. The molecule has 0 spiro atoms. The topological polar surface area (TPSA) is 108 Å². The maximum atomic E-state index is 12.8. The van der Waals surface area contributed by atoms with Crippen molar-refractivity contribution in [3.63, 3.8) is 0 Å². The first-order chi connectivity index (χ1) is 31.0. The van der Waals surface area contributed by atoms with Crippen molar-refractivity contribution in [3.8, 4) is 0 Å². The second kappa shape index (κ2) is 46.1. The molecular weight excluding hydrogens is 822 g/mol. The first kappa shape index (κ1) is 62.0. The number of ether oxygens (including phenoxy) is 2. The number of unbranched alkanes of at least 4 members (excludes halogenated alkanes) is 26. The molecule has 0 saturated carbocycles. The third-order valence-corrected chi connectivity index (χ3v) is 12.3. The van der Waals surface area contributed by atoms with Crippen molar-refractivity contribution < 1.29 is 42.1 Å². The Morgan fingerprint density at radius 2 is 0.844 bits per heavy atom. The van der Waals surface area contributed by atoms with Crippen LogP contribution in [0, 0.1) is 0 Å². The van der Waals surface area contributed by atoms with E-state index in [0.29, 0.717) is 23.9 Å². The lowest BCUT2D eigenvalue weighted by Crippen LogP contribution is -2.37. The van der Waals surface area contributed by atoms with Crippen molar-refractivity contribution in [2.24, 2.45) is 0 Å². The molecule has 0 aromatic heterocycles. The monoisotopic (exact) mass is 923 g/mol. The van der Waals surface area contributed by atoms with Gasteiger partial charge < -0.3 is 18.9 Å². The summed E-state index contributed by atoms with van der Waals surface area (Å²) in [5.74, 6) is -0.826. The summed E-state index contributed by atoms with van der Waals surface area (Å²) in [6.45, 7) is 4.39. The van der Waals surface area contributed by atoms with Crippen molar-refractivity contribution >= 4 is 19.8 Å². The van der Waals surface area contributed by atoms with Crippen molar-refractivity contribution in [2.45, 2.75) is 238 Å². The molecule has 1 N–H and O–H groups in total. The van der Waals surface area contributed by atoms with Gasteiger partial charge in [0.1, 0.15) is 19.8 Å². The molecule has 0 heterocycles. The predicted octanol–water partition coefficient (Wildman–Crippen LogP) is 15.8. The highest BCUT2D eigenvalue weighted by Crippen LogP contribution is 2.43. The van der Waals surface area contributed by atoms with Crippen LogP contribution in [0.1, 0.15) is 232 Å². The lowest BCUT2D eigenvalue weighted by atomic mass is 10.0. The molecule has 0 rings (SSSR count). The van der Waals surface area contributed by atoms with E-state index < -0.39 is 32.5 Å². The van der Waals surface area contributed by atoms with E-state index in [0.717, 1.165) is 51.4 Å². The Labute approximate surface area is 394 Å². The average molecular weight is 923 g/mol. The molecule has 0 aliphatic rings. The van der Waals surface area contributed by atoms with Gasteiger partial charge in [0.25, 0.3) is 0 Å². The summed E-state index contributed by atoms with van der Waals surface area (Å²) in [5, 5.41) is 0. The van der Waals surface area contributed by atoms with Crippen molar-refractivity contribution in [3.05, 3.63) is 48.6 Å². The number of carbonyl (C=O) groups is 2. The van der Waals surface area contributed by atoms with Crippen LogP contribution in [0.15, 0.2) is 48.6 Å². The molecule has 0 aliphatic carbocycles. The van der Waals surface area contributed by atoms with Crippen molar-refractivity contribution in [1.29, 1.82) is 0 Å². The van der Waals surface area contributed by atoms with Crippen LogP contribution in [0.5, 0.6) is 0 Å². The molecule has 0 aromatic carbocycles. The second-order valence-corrected chi connectivity index (χ2v) is 20.4. The van der Waals surface area contributed by atoms with Gasteiger partial charge in [-0.1, -0.05) is 210 Å². The maximum Gasteiger partial charge on any atom is 0.472 e. The smallest absolute Gasteiger partial charge is 0.462 e. The van der Waals surface area contributed by atoms with E-state index in [4.69, 9.17) is 18.5 Å². The van der Waals surface area contributed by atoms with Crippen LogP contribution in [-0.4, -0.2) is 74.9 Å². The fourth-order valence-electron chi connectivity index (χ4n) is 7.23. The zero-order valence-electron chi connectivity index (χ0n) is 42.3. The maximum absolute atomic E-state index is 12.8. The molecule has 9 nitrogen and oxygen atoms in total. The van der Waals surface area contributed by atoms with Gasteiger partial charge in [0.05, 0.1) is 27.7 Å². The van der Waals surface area contributed by atoms with Gasteiger partial charge in [-0.05, 0) is 57.8 Å². The van der Waals surface area contributed by atoms with E-state index in [1.54, 1.807) is 0 Å². The van der Waals surface area contributed by atoms with Crippen LogP contribution in [0.4, 0.5) is 0 Å². The Morgan fingerprint density at radius 1 is 0.484 bits per heavy atom. The van der Waals surface area contributed by atoms with Gasteiger partial charge in [-0.3, -0.25) is 18.6 Å². The number of hydrogen-bond donors (Lipinski definition) is 1. The molecule has 0 bridgehead atoms. The minimum absolute atomic E-state index is 0.0264. The summed E-state index contributed by atoms with van der Waals surface area (Å²) in [4.78, 5) is 35.6. The number of esters is 2. The van der Waals surface area contributed by atoms with Crippen LogP contribution in [0.2, 0.25) is 0 Å². The third kappa shape index (κ3) is 49.4. The Balaban J connectivity index is 4.28. The van der Waals surface area contributed by atoms with Crippen LogP contribution in [0.3, 0.4) is 0 Å². The highest BCUT2D eigenvalue weighted by Gasteiger charge is 2.27. The molecule has 374 valence electrons. The Kier molecular flexibility index (Phi) is 44.6. The molecule has 0 radical (unpaired) electrons. The molecule has 0 aromatic rings. The third-order valence-electron chi connectivity index (χ3n) is 11.4. The molecule has 0 amide bonds. The van der Waals surface area contributed by atoms with E-state index in [1.165, 1.54) is 141 Å². The highest BCUT2D eigenvalue weighted by molar-refractivity contribution is 7.47. The molecule has 10 heteroatoms. The number of carbonyl (C=O) groups excluding carboxylic acids is 2. The van der Waals surface area contributed by atoms with Crippen LogP contribution >= 0.6 is 7.82 Å². The lowest BCUT2D eigenvalue weighted by Gasteiger charge is -2.24. The van der Waals surface area contributed by atoms with Gasteiger partial charge in [-0.25, -0.2) is 4.57 Å². The summed E-state index contributed by atoms with van der Waals surface area (Å²) in [6, 6.07) is 0. The van der Waals surface area contributed by atoms with Gasteiger partial charge >= 0.3 is 19.8 Å². The van der Waals surface area contributed by atoms with Gasteiger partial charge in [0.2, 0.25) is 0 Å². The van der Waals surface area contributed by atoms with Gasteiger partial charge in [0.15, 0.2) is 6.10 Å². The average Bonchev–Trinajstić information content (AvgIpc) is 3.25. The fraction of sp³-hybridized carbons (Fsp3) is 0.815. The van der Waals surface area contributed by atoms with Crippen LogP contribution in [0.25, 0.3) is 0 Å². The SMILES string of the molecule is CCCCC/C=C/C/C=C/C/C=C/C/C=C/CCCCCC(=O)OC[C@H](COP(=O)(O)OCC[N+](C)(C)C)OC(=O)CCCCCCCCCCCCCCCCCCCCCCC. The number of quaternary nitrogens is 1. The molecule has 0 aliphatic heterocycles. The predicted molar refractivity (Wildman–Crippen MR) is 270 cm³/mol. The minimum Gasteiger partial charge on any atom is -0.462 e. The summed E-state index contributed by atoms with van der Waals surface area (Å²) in [5.41, 5.74) is 0. The molecule has 2 atom stereocenters. The second-order valence-electron chi connectivity index (χ2n) is 18.9. The number of rotatable bonds is 48. The van der Waals surface area contributed by atoms with Gasteiger partial charge in [0, 0.05) is 12.8 Å². The number of nitrogens with zero attached hydrogens (tertiary/aromatic N) is 1. The van der Waals surface area contributed by atoms with E-state index in [1.807, 2.05) is 21.1 Å². The van der Waals surface area contributed by atoms with E-state index in [-0.39, 0.29) is 26.1 Å². The zero-order chi connectivity index (χ0) is 47.1. The highest BCUT2D eigenvalue weighted by atomic mass is 31.2. The van der Waals surface area contributed by atoms with Crippen molar-refractivity contribution in [2.75, 3.05) is 47.5 Å². The van der Waals surface area contributed by atoms with Crippen LogP contribution in [-0.2, 0) is 32.7 Å². The van der Waals surface area contributed by atoms with E-state index >= 15 is 0 Å². The largest absolute Gasteiger partial charge is 0.472 e. The number of hydrogen-bond acceptors (Lipinski definition) is 7. The molecule has 1 unspecified atom stereocenters.